The summed E-state index contributed by atoms with van der Waals surface area (Å²) in [6.07, 6.45) is -0.924. The van der Waals surface area contributed by atoms with Gasteiger partial charge in [0.25, 0.3) is 5.91 Å². The van der Waals surface area contributed by atoms with Crippen molar-refractivity contribution in [2.24, 2.45) is 11.8 Å². The molecule has 1 fully saturated rings. The molecule has 0 aromatic carbocycles. The predicted octanol–water partition coefficient (Wildman–Crippen LogP) is 4.31. The minimum Gasteiger partial charge on any atom is -0.349 e. The molecule has 0 spiro atoms. The van der Waals surface area contributed by atoms with Crippen molar-refractivity contribution < 1.29 is 18.0 Å². The third-order valence-corrected chi connectivity index (χ3v) is 4.75. The minimum absolute atomic E-state index is 0.145. The van der Waals surface area contributed by atoms with Gasteiger partial charge in [-0.1, -0.05) is 38.3 Å². The average Bonchev–Trinajstić information content (AvgIpc) is 2.42. The molecular weight excluding hydrogens is 317 g/mol. The van der Waals surface area contributed by atoms with Crippen molar-refractivity contribution in [2.45, 2.75) is 45.3 Å². The monoisotopic (exact) mass is 334 g/mol. The van der Waals surface area contributed by atoms with Gasteiger partial charge in [0.15, 0.2) is 0 Å². The molecule has 122 valence electrons. The molecule has 0 aliphatic heterocycles. The third-order valence-electron chi connectivity index (χ3n) is 4.46. The average molecular weight is 335 g/mol. The lowest BCUT2D eigenvalue weighted by Gasteiger charge is -2.34. The molecule has 1 aliphatic rings. The Kier molecular flexibility index (Phi) is 5.00. The third kappa shape index (κ3) is 3.54. The van der Waals surface area contributed by atoms with Crippen molar-refractivity contribution in [3.05, 3.63) is 28.5 Å². The number of pyridine rings is 1. The van der Waals surface area contributed by atoms with Crippen LogP contribution in [0.15, 0.2) is 12.3 Å². The molecule has 1 aliphatic carbocycles. The summed E-state index contributed by atoms with van der Waals surface area (Å²) in [5, 5.41) is 2.28. The highest BCUT2D eigenvalue weighted by Gasteiger charge is 2.38. The van der Waals surface area contributed by atoms with Crippen LogP contribution in [0.1, 0.15) is 49.0 Å². The standard InChI is InChI=1S/C15H18ClF3N2O/c1-8-4-3-5-11(9(8)2)21-14(22)12-10(15(17,18)19)6-7-20-13(12)16/h6-9,11H,3-5H2,1-2H3,(H,21,22)/t8-,9-,11-/m1/s1. The number of nitrogens with zero attached hydrogens (tertiary/aromatic N) is 1. The van der Waals surface area contributed by atoms with Gasteiger partial charge < -0.3 is 5.32 Å². The van der Waals surface area contributed by atoms with Crippen molar-refractivity contribution >= 4 is 17.5 Å². The number of aromatic nitrogens is 1. The highest BCUT2D eigenvalue weighted by Crippen LogP contribution is 2.35. The van der Waals surface area contributed by atoms with Crippen LogP contribution in [0.4, 0.5) is 13.2 Å². The fraction of sp³-hybridized carbons (Fsp3) is 0.600. The first-order chi connectivity index (χ1) is 10.2. The normalized spacial score (nSPS) is 25.8. The Balaban J connectivity index is 2.27. The molecule has 2 rings (SSSR count). The van der Waals surface area contributed by atoms with E-state index in [0.717, 1.165) is 31.5 Å². The van der Waals surface area contributed by atoms with Gasteiger partial charge in [-0.05, 0) is 24.3 Å². The van der Waals surface area contributed by atoms with Crippen molar-refractivity contribution in [2.75, 3.05) is 0 Å². The maximum absolute atomic E-state index is 13.0. The molecule has 1 aromatic heterocycles. The number of hydrogen-bond donors (Lipinski definition) is 1. The first kappa shape index (κ1) is 17.1. The lowest BCUT2D eigenvalue weighted by Crippen LogP contribution is -2.44. The van der Waals surface area contributed by atoms with Gasteiger partial charge in [-0.2, -0.15) is 13.2 Å². The smallest absolute Gasteiger partial charge is 0.349 e. The van der Waals surface area contributed by atoms with E-state index in [0.29, 0.717) is 5.92 Å². The maximum atomic E-state index is 13.0. The molecule has 0 saturated heterocycles. The maximum Gasteiger partial charge on any atom is 0.417 e. The largest absolute Gasteiger partial charge is 0.417 e. The Morgan fingerprint density at radius 2 is 2.05 bits per heavy atom. The molecule has 7 heteroatoms. The predicted molar refractivity (Wildman–Crippen MR) is 77.7 cm³/mol. The Labute approximate surface area is 132 Å². The highest BCUT2D eigenvalue weighted by molar-refractivity contribution is 6.32. The molecule has 3 nitrogen and oxygen atoms in total. The molecule has 0 bridgehead atoms. The summed E-state index contributed by atoms with van der Waals surface area (Å²) in [6.45, 7) is 4.09. The highest BCUT2D eigenvalue weighted by atomic mass is 35.5. The van der Waals surface area contributed by atoms with Crippen LogP contribution in [0.2, 0.25) is 5.15 Å². The Bertz CT molecular complexity index is 562. The summed E-state index contributed by atoms with van der Waals surface area (Å²) < 4.78 is 39.1. The number of hydrogen-bond acceptors (Lipinski definition) is 2. The van der Waals surface area contributed by atoms with Crippen LogP contribution in [0.25, 0.3) is 0 Å². The quantitative estimate of drug-likeness (QED) is 0.819. The summed E-state index contributed by atoms with van der Waals surface area (Å²) >= 11 is 5.74. The van der Waals surface area contributed by atoms with Crippen LogP contribution in [0.3, 0.4) is 0 Å². The number of carbonyl (C=O) groups is 1. The lowest BCUT2D eigenvalue weighted by molar-refractivity contribution is -0.138. The van der Waals surface area contributed by atoms with Crippen molar-refractivity contribution in [1.29, 1.82) is 0 Å². The van der Waals surface area contributed by atoms with Crippen LogP contribution in [0, 0.1) is 11.8 Å². The van der Waals surface area contributed by atoms with Gasteiger partial charge in [-0.3, -0.25) is 4.79 Å². The second kappa shape index (κ2) is 6.44. The molecule has 1 N–H and O–H groups in total. The van der Waals surface area contributed by atoms with Crippen molar-refractivity contribution in [3.63, 3.8) is 0 Å². The minimum atomic E-state index is -4.65. The lowest BCUT2D eigenvalue weighted by atomic mass is 9.78. The zero-order valence-electron chi connectivity index (χ0n) is 12.4. The topological polar surface area (TPSA) is 42.0 Å². The number of alkyl halides is 3. The van der Waals surface area contributed by atoms with Gasteiger partial charge in [0, 0.05) is 12.2 Å². The number of carbonyl (C=O) groups excluding carboxylic acids is 1. The SMILES string of the molecule is C[C@@H]1[C@H](C)CCC[C@H]1NC(=O)c1c(C(F)(F)F)ccnc1Cl. The van der Waals surface area contributed by atoms with E-state index in [-0.39, 0.29) is 12.0 Å². The summed E-state index contributed by atoms with van der Waals surface area (Å²) in [5.74, 6) is -0.177. The second-order valence-corrected chi connectivity index (χ2v) is 6.23. The van der Waals surface area contributed by atoms with Gasteiger partial charge in [-0.25, -0.2) is 4.98 Å². The molecule has 3 atom stereocenters. The first-order valence-corrected chi connectivity index (χ1v) is 7.62. The number of halogens is 4. The van der Waals surface area contributed by atoms with Gasteiger partial charge in [-0.15, -0.1) is 0 Å². The molecule has 1 amide bonds. The molecular formula is C15H18ClF3N2O. The number of nitrogens with one attached hydrogen (secondary N) is 1. The fourth-order valence-corrected chi connectivity index (χ4v) is 3.16. The van der Waals surface area contributed by atoms with Crippen molar-refractivity contribution in [1.82, 2.24) is 10.3 Å². The fourth-order valence-electron chi connectivity index (χ4n) is 2.91. The summed E-state index contributed by atoms with van der Waals surface area (Å²) in [6, 6.07) is 0.627. The molecule has 22 heavy (non-hydrogen) atoms. The number of rotatable bonds is 2. The molecule has 0 unspecified atom stereocenters. The summed E-state index contributed by atoms with van der Waals surface area (Å²) in [5.41, 5.74) is -1.65. The van der Waals surface area contributed by atoms with Crippen LogP contribution in [-0.2, 0) is 6.18 Å². The second-order valence-electron chi connectivity index (χ2n) is 5.87. The number of amides is 1. The molecule has 1 saturated carbocycles. The van der Waals surface area contributed by atoms with Gasteiger partial charge >= 0.3 is 6.18 Å². The van der Waals surface area contributed by atoms with Crippen LogP contribution in [-0.4, -0.2) is 16.9 Å². The molecule has 0 radical (unpaired) electrons. The molecule has 1 heterocycles. The van der Waals surface area contributed by atoms with E-state index < -0.39 is 28.4 Å². The van der Waals surface area contributed by atoms with E-state index in [9.17, 15) is 18.0 Å². The Hall–Kier alpha value is -1.30. The van der Waals surface area contributed by atoms with E-state index in [1.807, 2.05) is 6.92 Å². The Morgan fingerprint density at radius 1 is 1.36 bits per heavy atom. The van der Waals surface area contributed by atoms with Crippen molar-refractivity contribution in [3.8, 4) is 0 Å². The van der Waals surface area contributed by atoms with E-state index in [1.54, 1.807) is 0 Å². The zero-order valence-corrected chi connectivity index (χ0v) is 13.1. The Morgan fingerprint density at radius 3 is 2.68 bits per heavy atom. The summed E-state index contributed by atoms with van der Waals surface area (Å²) in [4.78, 5) is 15.9. The van der Waals surface area contributed by atoms with Gasteiger partial charge in [0.2, 0.25) is 0 Å². The van der Waals surface area contributed by atoms with Crippen LogP contribution in [0.5, 0.6) is 0 Å². The van der Waals surface area contributed by atoms with E-state index in [1.165, 1.54) is 0 Å². The van der Waals surface area contributed by atoms with Gasteiger partial charge in [0.1, 0.15) is 5.15 Å². The van der Waals surface area contributed by atoms with Crippen LogP contribution >= 0.6 is 11.6 Å². The van der Waals surface area contributed by atoms with E-state index in [2.05, 4.69) is 17.2 Å². The molecule has 1 aromatic rings. The summed E-state index contributed by atoms with van der Waals surface area (Å²) in [7, 11) is 0. The van der Waals surface area contributed by atoms with Gasteiger partial charge in [0.05, 0.1) is 11.1 Å². The van der Waals surface area contributed by atoms with E-state index in [4.69, 9.17) is 11.6 Å². The first-order valence-electron chi connectivity index (χ1n) is 7.24. The zero-order chi connectivity index (χ0) is 16.5. The van der Waals surface area contributed by atoms with Crippen LogP contribution < -0.4 is 5.32 Å². The van der Waals surface area contributed by atoms with E-state index >= 15 is 0 Å².